The van der Waals surface area contributed by atoms with Crippen LogP contribution in [0.1, 0.15) is 132 Å². The normalized spacial score (nSPS) is 13.6. The lowest BCUT2D eigenvalue weighted by molar-refractivity contribution is -0.143. The van der Waals surface area contributed by atoms with Gasteiger partial charge < -0.3 is 30.8 Å². The minimum absolute atomic E-state index is 0.189. The van der Waals surface area contributed by atoms with Crippen molar-refractivity contribution in [3.8, 4) is 0 Å². The van der Waals surface area contributed by atoms with Gasteiger partial charge in [-0.2, -0.15) is 5.48 Å². The number of rotatable bonds is 19. The van der Waals surface area contributed by atoms with Crippen LogP contribution in [0.3, 0.4) is 0 Å². The molecule has 0 aliphatic heterocycles. The van der Waals surface area contributed by atoms with E-state index in [1.165, 1.54) is 70.4 Å². The maximum absolute atomic E-state index is 12.9. The predicted molar refractivity (Wildman–Crippen MR) is 216 cm³/mol. The topological polar surface area (TPSA) is 186 Å². The van der Waals surface area contributed by atoms with Gasteiger partial charge in [0.05, 0.1) is 25.7 Å². The highest BCUT2D eigenvalue weighted by Crippen LogP contribution is 2.15. The maximum atomic E-state index is 12.9. The Morgan fingerprint density at radius 2 is 1.46 bits per heavy atom. The molecule has 0 saturated heterocycles. The zero-order chi connectivity index (χ0) is 41.9. The van der Waals surface area contributed by atoms with Crippen molar-refractivity contribution in [2.75, 3.05) is 26.7 Å². The van der Waals surface area contributed by atoms with Gasteiger partial charge in [-0.15, -0.1) is 6.58 Å². The lowest BCUT2D eigenvalue weighted by atomic mass is 10.0. The molecule has 3 amide bonds. The van der Waals surface area contributed by atoms with Gasteiger partial charge in [0.1, 0.15) is 24.5 Å². The number of likely N-dealkylation sites (N-methyl/N-ethyl adjacent to an activating group) is 1. The number of hydroxylamine groups is 1. The fraction of sp³-hybridized carbons (Fsp3) is 0.659. The summed E-state index contributed by atoms with van der Waals surface area (Å²) in [6, 6.07) is 6.21. The molecule has 54 heavy (non-hydrogen) atoms. The van der Waals surface area contributed by atoms with Crippen molar-refractivity contribution in [2.45, 2.75) is 144 Å². The van der Waals surface area contributed by atoms with E-state index in [-0.39, 0.29) is 25.5 Å². The summed E-state index contributed by atoms with van der Waals surface area (Å²) in [7, 11) is 1.47. The van der Waals surface area contributed by atoms with Crippen LogP contribution in [-0.2, 0) is 38.3 Å². The second-order valence-corrected chi connectivity index (χ2v) is 12.5. The number of benzene rings is 1. The molecule has 1 aliphatic carbocycles. The molecule has 1 fully saturated rings. The van der Waals surface area contributed by atoms with Gasteiger partial charge >= 0.3 is 5.97 Å². The van der Waals surface area contributed by atoms with E-state index >= 15 is 0 Å². The minimum atomic E-state index is -0.994. The Morgan fingerprint density at radius 1 is 0.926 bits per heavy atom. The first-order chi connectivity index (χ1) is 25.8. The van der Waals surface area contributed by atoms with Crippen LogP contribution in [0.5, 0.6) is 0 Å². The molecule has 1 aliphatic rings. The first kappa shape index (κ1) is 54.4. The number of Topliss-reactive ketones (excluding diaryl/α,β-unsaturated/α-hetero) is 1. The molecule has 0 spiro atoms. The SMILES string of the molecule is C1CCCCC1.C=CCC(C(=O)NC(CCC)C(=O)C(C)ONCC(=O)N[C@H](C=O)c1ccccc1)N(C)C(=O)CN.CC.CC.CC(=O)OCC(C)C. The lowest BCUT2D eigenvalue weighted by Crippen LogP contribution is -2.54. The first-order valence-electron chi connectivity index (χ1n) is 19.5. The molecule has 0 aromatic heterocycles. The molecule has 310 valence electrons. The van der Waals surface area contributed by atoms with Gasteiger partial charge in [0.2, 0.25) is 17.7 Å². The number of hydrogen-bond acceptors (Lipinski definition) is 10. The van der Waals surface area contributed by atoms with Crippen molar-refractivity contribution in [3.05, 3.63) is 48.6 Å². The van der Waals surface area contributed by atoms with Crippen LogP contribution in [0.25, 0.3) is 0 Å². The molecule has 1 aromatic carbocycles. The van der Waals surface area contributed by atoms with Crippen molar-refractivity contribution in [1.29, 1.82) is 0 Å². The molecular weight excluding hydrogens is 690 g/mol. The Balaban J connectivity index is -0.00000118. The number of ether oxygens (including phenoxy) is 1. The standard InChI is InChI=1S/C25H37N5O6.C6H12O2.C6H12.2C2H6/c1-5-10-19(29-25(35)21(11-6-2)30(4)23(33)14-26)24(34)17(3)36-27-15-22(32)28-20(16-31)18-12-8-7-9-13-18;1-5(2)4-8-6(3)7;1-2-4-6-5-3-1;2*1-2/h6-9,12-13,16-17,19-21,27H,2,5,10-11,14-15,26H2,1,3-4H3,(H,28,32)(H,29,35);5H,4H2,1-3H3;1-6H2;2*1-2H3/t17?,19?,20-,21?;;;;/m1..../s1. The van der Waals surface area contributed by atoms with Gasteiger partial charge in [-0.05, 0) is 31.2 Å². The number of nitrogens with one attached hydrogen (secondary N) is 3. The highest BCUT2D eigenvalue weighted by atomic mass is 16.7. The monoisotopic (exact) mass is 764 g/mol. The highest BCUT2D eigenvalue weighted by molar-refractivity contribution is 5.94. The molecular formula is C41H73N5O8. The Labute approximate surface area is 325 Å². The van der Waals surface area contributed by atoms with E-state index in [9.17, 15) is 28.8 Å². The number of ketones is 1. The summed E-state index contributed by atoms with van der Waals surface area (Å²) in [4.78, 5) is 78.0. The van der Waals surface area contributed by atoms with Gasteiger partial charge in [-0.1, -0.05) is 130 Å². The van der Waals surface area contributed by atoms with E-state index in [1.807, 2.05) is 48.5 Å². The molecule has 1 aromatic rings. The number of hydrogen-bond donors (Lipinski definition) is 4. The smallest absolute Gasteiger partial charge is 0.302 e. The molecule has 13 nitrogen and oxygen atoms in total. The van der Waals surface area contributed by atoms with Gasteiger partial charge in [0.15, 0.2) is 5.78 Å². The summed E-state index contributed by atoms with van der Waals surface area (Å²) >= 11 is 0. The zero-order valence-electron chi connectivity index (χ0n) is 34.9. The van der Waals surface area contributed by atoms with Crippen molar-refractivity contribution >= 4 is 35.8 Å². The van der Waals surface area contributed by atoms with Crippen molar-refractivity contribution in [2.24, 2.45) is 11.7 Å². The summed E-state index contributed by atoms with van der Waals surface area (Å²) < 4.78 is 4.66. The van der Waals surface area contributed by atoms with E-state index in [0.717, 1.165) is 0 Å². The number of nitrogens with two attached hydrogens (primary N) is 1. The third kappa shape index (κ3) is 26.8. The average molecular weight is 764 g/mol. The van der Waals surface area contributed by atoms with E-state index in [4.69, 9.17) is 10.6 Å². The van der Waals surface area contributed by atoms with Crippen molar-refractivity contribution in [1.82, 2.24) is 21.0 Å². The molecule has 0 radical (unpaired) electrons. The summed E-state index contributed by atoms with van der Waals surface area (Å²) in [5.74, 6) is -1.59. The van der Waals surface area contributed by atoms with Crippen molar-refractivity contribution < 1.29 is 38.3 Å². The summed E-state index contributed by atoms with van der Waals surface area (Å²) in [5.41, 5.74) is 8.48. The van der Waals surface area contributed by atoms with E-state index in [1.54, 1.807) is 30.3 Å². The van der Waals surface area contributed by atoms with E-state index in [2.05, 4.69) is 27.4 Å². The van der Waals surface area contributed by atoms with Crippen LogP contribution in [0.4, 0.5) is 0 Å². The molecule has 5 N–H and O–H groups in total. The van der Waals surface area contributed by atoms with Crippen LogP contribution in [0.15, 0.2) is 43.0 Å². The second-order valence-electron chi connectivity index (χ2n) is 12.5. The summed E-state index contributed by atoms with van der Waals surface area (Å²) in [6.45, 7) is 20.4. The number of aldehydes is 1. The average Bonchev–Trinajstić information content (AvgIpc) is 3.20. The molecule has 3 unspecified atom stereocenters. The van der Waals surface area contributed by atoms with Gasteiger partial charge in [0.25, 0.3) is 0 Å². The van der Waals surface area contributed by atoms with E-state index < -0.39 is 47.7 Å². The van der Waals surface area contributed by atoms with Crippen molar-refractivity contribution in [3.63, 3.8) is 0 Å². The van der Waals surface area contributed by atoms with Crippen LogP contribution in [-0.4, -0.2) is 85.6 Å². The Kier molecular flexibility index (Phi) is 36.3. The fourth-order valence-corrected chi connectivity index (χ4v) is 4.76. The molecule has 13 heteroatoms. The zero-order valence-corrected chi connectivity index (χ0v) is 34.9. The first-order valence-corrected chi connectivity index (χ1v) is 19.5. The van der Waals surface area contributed by atoms with Crippen LogP contribution < -0.4 is 21.8 Å². The quantitative estimate of drug-likeness (QED) is 0.0584. The fourth-order valence-electron chi connectivity index (χ4n) is 4.76. The number of carbonyl (C=O) groups excluding carboxylic acids is 6. The molecule has 0 bridgehead atoms. The predicted octanol–water partition coefficient (Wildman–Crippen LogP) is 5.77. The largest absolute Gasteiger partial charge is 0.466 e. The molecule has 4 atom stereocenters. The van der Waals surface area contributed by atoms with Crippen LogP contribution >= 0.6 is 0 Å². The number of esters is 1. The maximum Gasteiger partial charge on any atom is 0.302 e. The highest BCUT2D eigenvalue weighted by Gasteiger charge is 2.31. The van der Waals surface area contributed by atoms with Gasteiger partial charge in [-0.3, -0.25) is 28.8 Å². The van der Waals surface area contributed by atoms with E-state index in [0.29, 0.717) is 37.2 Å². The van der Waals surface area contributed by atoms with Crippen LogP contribution in [0.2, 0.25) is 0 Å². The Bertz CT molecular complexity index is 1150. The Morgan fingerprint density at radius 3 is 1.87 bits per heavy atom. The van der Waals surface area contributed by atoms with Gasteiger partial charge in [-0.25, -0.2) is 0 Å². The summed E-state index contributed by atoms with van der Waals surface area (Å²) in [6.07, 6.45) is 11.3. The molecule has 0 heterocycles. The second kappa shape index (κ2) is 36.1. The number of carbonyl (C=O) groups is 6. The third-order valence-corrected chi connectivity index (χ3v) is 7.59. The number of amides is 3. The Hall–Kier alpha value is -3.94. The third-order valence-electron chi connectivity index (χ3n) is 7.59. The molecule has 2 rings (SSSR count). The van der Waals surface area contributed by atoms with Crippen LogP contribution in [0, 0.1) is 5.92 Å². The lowest BCUT2D eigenvalue weighted by Gasteiger charge is -2.28. The summed E-state index contributed by atoms with van der Waals surface area (Å²) in [5, 5.41) is 5.26. The minimum Gasteiger partial charge on any atom is -0.466 e. The molecule has 1 saturated carbocycles. The number of nitrogens with zero attached hydrogens (tertiary/aromatic N) is 1. The van der Waals surface area contributed by atoms with Gasteiger partial charge in [0, 0.05) is 14.0 Å².